The highest BCUT2D eigenvalue weighted by Gasteiger charge is 2.79. The summed E-state index contributed by atoms with van der Waals surface area (Å²) in [6.07, 6.45) is -10.9. The quantitative estimate of drug-likeness (QED) is 0.0833. The summed E-state index contributed by atoms with van der Waals surface area (Å²) in [5.41, 5.74) is -6.73. The Kier molecular flexibility index (Phi) is 14.3. The molecule has 2 saturated carbocycles. The number of ether oxygens (including phenoxy) is 6. The normalized spacial score (nSPS) is 28.7. The summed E-state index contributed by atoms with van der Waals surface area (Å²) in [7, 11) is 3.58. The Balaban J connectivity index is 1.31. The number of nitrogens with one attached hydrogen (secondary N) is 1. The molecule has 384 valence electrons. The zero-order chi connectivity index (χ0) is 52.8. The van der Waals surface area contributed by atoms with Crippen LogP contribution in [0.1, 0.15) is 97.1 Å². The molecule has 8 rings (SSSR count). The van der Waals surface area contributed by atoms with Gasteiger partial charge in [-0.15, -0.1) is 0 Å². The Hall–Kier alpha value is -7.21. The summed E-state index contributed by atoms with van der Waals surface area (Å²) < 4.78 is 37.6. The number of aliphatic hydroxyl groups is 2. The topological polar surface area (TPSA) is 231 Å². The van der Waals surface area contributed by atoms with Crippen molar-refractivity contribution in [3.63, 3.8) is 0 Å². The second kappa shape index (κ2) is 20.0. The fourth-order valence-electron chi connectivity index (χ4n) is 11.4. The first kappa shape index (κ1) is 52.1. The van der Waals surface area contributed by atoms with Crippen LogP contribution in [0.25, 0.3) is 0 Å². The Morgan fingerprint density at radius 3 is 1.92 bits per heavy atom. The summed E-state index contributed by atoms with van der Waals surface area (Å²) in [6.45, 7) is 7.96. The molecule has 0 unspecified atom stereocenters. The first-order valence-corrected chi connectivity index (χ1v) is 24.0. The van der Waals surface area contributed by atoms with E-state index in [1.165, 1.54) is 32.0 Å². The summed E-state index contributed by atoms with van der Waals surface area (Å²) in [5.74, 6) is -7.95. The van der Waals surface area contributed by atoms with E-state index in [2.05, 4.69) is 5.32 Å². The van der Waals surface area contributed by atoms with Crippen molar-refractivity contribution in [1.82, 2.24) is 5.32 Å². The van der Waals surface area contributed by atoms with E-state index in [1.54, 1.807) is 130 Å². The number of rotatable bonds is 13. The molecule has 0 radical (unpaired) electrons. The van der Waals surface area contributed by atoms with Gasteiger partial charge in [-0.1, -0.05) is 86.6 Å². The average molecular weight is 1000 g/mol. The molecule has 73 heavy (non-hydrogen) atoms. The molecular weight excluding hydrogens is 941 g/mol. The standard InChI is InChI=1S/C56H60N2O15/c1-31-39(70-52(66)44(61)43(34-19-12-9-13-20-34)57-49(63)35-21-14-10-15-22-35)29-56(67)48(72-50(64)36-23-16-11-17-24-36)46-54(6,47(62)45(69-32(2)59)42(31)53(56,4)5)40(28-41-55(46,30-68-41)73-33(3)60)71-51(65)37-25-18-26-38(27-37)58(7)8/h9-27,39-41,43-46,48,61,67H,28-30H2,1-8H3,(H,57,63)/t39-,40-,41+,43-,44+,45+,46-,48-,54+,55-,56+/m0/s1. The molecule has 17 heteroatoms. The maximum Gasteiger partial charge on any atom is 0.338 e. The molecule has 3 N–H and O–H groups in total. The van der Waals surface area contributed by atoms with Crippen LogP contribution in [0, 0.1) is 16.7 Å². The van der Waals surface area contributed by atoms with Crippen molar-refractivity contribution in [3.8, 4) is 0 Å². The molecule has 3 fully saturated rings. The molecule has 3 aliphatic carbocycles. The van der Waals surface area contributed by atoms with Gasteiger partial charge in [0.1, 0.15) is 30.0 Å². The number of carbonyl (C=O) groups excluding carboxylic acids is 7. The molecule has 1 aliphatic heterocycles. The largest absolute Gasteiger partial charge is 0.458 e. The fourth-order valence-corrected chi connectivity index (χ4v) is 11.4. The van der Waals surface area contributed by atoms with Gasteiger partial charge in [0, 0.05) is 57.5 Å². The molecule has 11 atom stereocenters. The first-order chi connectivity index (χ1) is 34.5. The van der Waals surface area contributed by atoms with E-state index in [0.29, 0.717) is 11.3 Å². The monoisotopic (exact) mass is 1000 g/mol. The third-order valence-electron chi connectivity index (χ3n) is 15.3. The highest BCUT2D eigenvalue weighted by molar-refractivity contribution is 5.97. The number of carbonyl (C=O) groups is 7. The van der Waals surface area contributed by atoms with E-state index >= 15 is 4.79 Å². The van der Waals surface area contributed by atoms with Gasteiger partial charge in [0.15, 0.2) is 23.6 Å². The summed E-state index contributed by atoms with van der Waals surface area (Å²) >= 11 is 0. The lowest BCUT2D eigenvalue weighted by Crippen LogP contribution is -2.82. The maximum absolute atomic E-state index is 16.3. The molecule has 1 saturated heterocycles. The average Bonchev–Trinajstić information content (AvgIpc) is 3.36. The first-order valence-electron chi connectivity index (χ1n) is 24.0. The van der Waals surface area contributed by atoms with Crippen molar-refractivity contribution in [1.29, 1.82) is 0 Å². The lowest BCUT2D eigenvalue weighted by atomic mass is 9.44. The van der Waals surface area contributed by atoms with Gasteiger partial charge in [-0.05, 0) is 73.0 Å². The maximum atomic E-state index is 16.3. The zero-order valence-corrected chi connectivity index (χ0v) is 41.9. The van der Waals surface area contributed by atoms with E-state index in [1.807, 2.05) is 0 Å². The molecular formula is C56H60N2O15. The second-order valence-corrected chi connectivity index (χ2v) is 20.2. The van der Waals surface area contributed by atoms with Crippen LogP contribution < -0.4 is 10.2 Å². The van der Waals surface area contributed by atoms with Crippen molar-refractivity contribution in [2.45, 2.75) is 108 Å². The van der Waals surface area contributed by atoms with Crippen LogP contribution in [-0.4, -0.2) is 120 Å². The van der Waals surface area contributed by atoms with E-state index in [0.717, 1.165) is 13.8 Å². The SMILES string of the molecule is CC(=O)O[C@H]1C(=O)[C@]2(C)[C@@H](OC(=O)c3cccc(N(C)C)c3)C[C@H]3OC[C@@]3(OC(C)=O)[C@H]2[C@H](OC(=O)c2ccccc2)[C@]2(O)C[C@H](OC(=O)[C@H](O)[C@@H](NC(=O)c3ccccc3)c3ccccc3)C(C)=C1C2(C)C. The van der Waals surface area contributed by atoms with Crippen molar-refractivity contribution in [2.75, 3.05) is 25.6 Å². The predicted octanol–water partition coefficient (Wildman–Crippen LogP) is 5.67. The number of amides is 1. The molecule has 1 heterocycles. The van der Waals surface area contributed by atoms with E-state index in [9.17, 15) is 39.0 Å². The van der Waals surface area contributed by atoms with Gasteiger partial charge in [-0.3, -0.25) is 19.2 Å². The minimum Gasteiger partial charge on any atom is -0.458 e. The van der Waals surface area contributed by atoms with Gasteiger partial charge >= 0.3 is 29.8 Å². The van der Waals surface area contributed by atoms with Gasteiger partial charge in [0.2, 0.25) is 0 Å². The van der Waals surface area contributed by atoms with Gasteiger partial charge in [0.25, 0.3) is 5.91 Å². The van der Waals surface area contributed by atoms with Crippen LogP contribution in [0.15, 0.2) is 126 Å². The van der Waals surface area contributed by atoms with Crippen molar-refractivity contribution in [3.05, 3.63) is 149 Å². The van der Waals surface area contributed by atoms with Gasteiger partial charge < -0.3 is 48.9 Å². The van der Waals surface area contributed by atoms with Crippen LogP contribution in [0.5, 0.6) is 0 Å². The van der Waals surface area contributed by atoms with Crippen LogP contribution >= 0.6 is 0 Å². The number of Topliss-reactive ketones (excluding diaryl/α,β-unsaturated/α-hetero) is 1. The molecule has 0 aromatic heterocycles. The van der Waals surface area contributed by atoms with Gasteiger partial charge in [-0.2, -0.15) is 0 Å². The second-order valence-electron chi connectivity index (χ2n) is 20.2. The lowest BCUT2D eigenvalue weighted by molar-refractivity contribution is -0.345. The minimum absolute atomic E-state index is 0.0385. The number of esters is 5. The number of hydrogen-bond acceptors (Lipinski definition) is 16. The zero-order valence-electron chi connectivity index (χ0n) is 41.9. The van der Waals surface area contributed by atoms with Crippen LogP contribution in [0.2, 0.25) is 0 Å². The number of nitrogens with zero attached hydrogens (tertiary/aromatic N) is 1. The van der Waals surface area contributed by atoms with E-state index < -0.39 is 119 Å². The highest BCUT2D eigenvalue weighted by Crippen LogP contribution is 2.65. The summed E-state index contributed by atoms with van der Waals surface area (Å²) in [6, 6.07) is 29.4. The van der Waals surface area contributed by atoms with E-state index in [-0.39, 0.29) is 40.9 Å². The van der Waals surface area contributed by atoms with Crippen LogP contribution in [0.4, 0.5) is 5.69 Å². The summed E-state index contributed by atoms with van der Waals surface area (Å²) in [4.78, 5) is 102. The Morgan fingerprint density at radius 2 is 1.34 bits per heavy atom. The summed E-state index contributed by atoms with van der Waals surface area (Å²) in [5, 5.41) is 28.8. The smallest absolute Gasteiger partial charge is 0.338 e. The fraction of sp³-hybridized carbons (Fsp3) is 0.411. The lowest BCUT2D eigenvalue weighted by Gasteiger charge is -2.67. The van der Waals surface area contributed by atoms with Crippen molar-refractivity contribution >= 4 is 47.2 Å². The predicted molar refractivity (Wildman–Crippen MR) is 262 cm³/mol. The van der Waals surface area contributed by atoms with Gasteiger partial charge in [-0.25, -0.2) is 14.4 Å². The molecule has 0 spiro atoms. The van der Waals surface area contributed by atoms with Crippen molar-refractivity contribution in [2.24, 2.45) is 16.7 Å². The minimum atomic E-state index is -2.48. The molecule has 4 aromatic carbocycles. The van der Waals surface area contributed by atoms with Crippen LogP contribution in [-0.2, 0) is 47.6 Å². The number of fused-ring (bicyclic) bond motifs is 5. The molecule has 2 bridgehead atoms. The molecule has 1 amide bonds. The molecule has 4 aliphatic rings. The number of anilines is 1. The number of ketones is 1. The Morgan fingerprint density at radius 1 is 0.753 bits per heavy atom. The van der Waals surface area contributed by atoms with E-state index in [4.69, 9.17) is 28.4 Å². The number of aliphatic hydroxyl groups excluding tert-OH is 1. The Labute approximate surface area is 422 Å². The molecule has 17 nitrogen and oxygen atoms in total. The molecule has 4 aromatic rings. The third kappa shape index (κ3) is 9.29. The third-order valence-corrected chi connectivity index (χ3v) is 15.3. The Bertz CT molecular complexity index is 2830. The highest BCUT2D eigenvalue weighted by atomic mass is 16.6. The number of hydrogen-bond donors (Lipinski definition) is 3. The van der Waals surface area contributed by atoms with Gasteiger partial charge in [0.05, 0.1) is 35.1 Å². The number of benzene rings is 4. The van der Waals surface area contributed by atoms with Crippen molar-refractivity contribution < 1.29 is 72.2 Å². The van der Waals surface area contributed by atoms with Crippen LogP contribution in [0.3, 0.4) is 0 Å².